The van der Waals surface area contributed by atoms with E-state index in [0.29, 0.717) is 32.0 Å². The third kappa shape index (κ3) is 6.82. The van der Waals surface area contributed by atoms with Gasteiger partial charge in [-0.25, -0.2) is 4.79 Å². The molecule has 154 valence electrons. The van der Waals surface area contributed by atoms with E-state index in [1.807, 2.05) is 13.8 Å². The second-order valence-electron chi connectivity index (χ2n) is 6.89. The van der Waals surface area contributed by atoms with Crippen LogP contribution in [0.15, 0.2) is 24.3 Å². The van der Waals surface area contributed by atoms with E-state index in [2.05, 4.69) is 10.6 Å². The van der Waals surface area contributed by atoms with E-state index in [4.69, 9.17) is 15.2 Å². The van der Waals surface area contributed by atoms with Gasteiger partial charge >= 0.3 is 6.09 Å². The molecule has 0 aliphatic carbocycles. The largest absolute Gasteiger partial charge is 0.445 e. The van der Waals surface area contributed by atoms with Crippen molar-refractivity contribution in [3.8, 4) is 0 Å². The summed E-state index contributed by atoms with van der Waals surface area (Å²) in [6, 6.07) is 6.28. The third-order valence-electron chi connectivity index (χ3n) is 4.31. The van der Waals surface area contributed by atoms with E-state index >= 15 is 0 Å². The van der Waals surface area contributed by atoms with Crippen LogP contribution >= 0.6 is 0 Å². The Labute approximate surface area is 164 Å². The molecule has 3 amide bonds. The number of anilines is 1. The number of nitrogens with two attached hydrogens (primary N) is 1. The van der Waals surface area contributed by atoms with Crippen LogP contribution in [-0.4, -0.2) is 61.7 Å². The van der Waals surface area contributed by atoms with Gasteiger partial charge in [-0.05, 0) is 23.6 Å². The Morgan fingerprint density at radius 3 is 2.43 bits per heavy atom. The fraction of sp³-hybridized carbons (Fsp3) is 0.526. The Hall–Kier alpha value is -2.65. The summed E-state index contributed by atoms with van der Waals surface area (Å²) in [6.45, 7) is 5.77. The molecule has 9 heteroatoms. The molecule has 1 atom stereocenters. The number of nitrogens with zero attached hydrogens (tertiary/aromatic N) is 1. The summed E-state index contributed by atoms with van der Waals surface area (Å²) < 4.78 is 10.5. The van der Waals surface area contributed by atoms with Gasteiger partial charge in [-0.3, -0.25) is 9.59 Å². The third-order valence-corrected chi connectivity index (χ3v) is 4.31. The summed E-state index contributed by atoms with van der Waals surface area (Å²) in [5, 5.41) is 5.20. The molecular weight excluding hydrogens is 364 g/mol. The Kier molecular flexibility index (Phi) is 8.21. The molecule has 1 fully saturated rings. The molecule has 0 unspecified atom stereocenters. The molecule has 2 rings (SSSR count). The number of rotatable bonds is 7. The SMILES string of the molecule is CC(C)[C@H](N)C(=O)NCC(=O)Nc1ccc(COC(=O)N2CCOCC2)cc1. The minimum atomic E-state index is -0.646. The highest BCUT2D eigenvalue weighted by Gasteiger charge is 2.18. The number of morpholine rings is 1. The highest BCUT2D eigenvalue weighted by Crippen LogP contribution is 2.11. The van der Waals surface area contributed by atoms with E-state index < -0.39 is 6.04 Å². The van der Waals surface area contributed by atoms with Gasteiger partial charge in [0.25, 0.3) is 0 Å². The molecule has 1 heterocycles. The lowest BCUT2D eigenvalue weighted by Gasteiger charge is -2.25. The fourth-order valence-electron chi connectivity index (χ4n) is 2.46. The average Bonchev–Trinajstić information content (AvgIpc) is 2.71. The molecule has 28 heavy (non-hydrogen) atoms. The first-order valence-electron chi connectivity index (χ1n) is 9.28. The lowest BCUT2D eigenvalue weighted by atomic mass is 10.1. The molecule has 0 aromatic heterocycles. The zero-order chi connectivity index (χ0) is 20.5. The van der Waals surface area contributed by atoms with Crippen LogP contribution in [0.25, 0.3) is 0 Å². The Morgan fingerprint density at radius 2 is 1.82 bits per heavy atom. The molecule has 1 aliphatic heterocycles. The van der Waals surface area contributed by atoms with Crippen LogP contribution in [0.1, 0.15) is 19.4 Å². The number of carbonyl (C=O) groups excluding carboxylic acids is 3. The fourth-order valence-corrected chi connectivity index (χ4v) is 2.46. The van der Waals surface area contributed by atoms with E-state index in [1.165, 1.54) is 0 Å². The van der Waals surface area contributed by atoms with E-state index in [0.717, 1.165) is 5.56 Å². The van der Waals surface area contributed by atoms with Gasteiger partial charge in [0.15, 0.2) is 0 Å². The highest BCUT2D eigenvalue weighted by molar-refractivity contribution is 5.95. The molecule has 0 saturated carbocycles. The normalized spacial score (nSPS) is 15.1. The molecule has 4 N–H and O–H groups in total. The Balaban J connectivity index is 1.73. The van der Waals surface area contributed by atoms with Gasteiger partial charge in [-0.1, -0.05) is 26.0 Å². The lowest BCUT2D eigenvalue weighted by Crippen LogP contribution is -2.46. The van der Waals surface area contributed by atoms with Crippen molar-refractivity contribution >= 4 is 23.6 Å². The molecule has 1 saturated heterocycles. The van der Waals surface area contributed by atoms with E-state index in [-0.39, 0.29) is 37.0 Å². The first kappa shape index (κ1) is 21.6. The van der Waals surface area contributed by atoms with Gasteiger partial charge in [0.05, 0.1) is 25.8 Å². The smallest absolute Gasteiger partial charge is 0.410 e. The number of benzene rings is 1. The Bertz CT molecular complexity index is 671. The number of hydrogen-bond acceptors (Lipinski definition) is 6. The number of carbonyl (C=O) groups is 3. The summed E-state index contributed by atoms with van der Waals surface area (Å²) in [5.74, 6) is -0.716. The van der Waals surface area contributed by atoms with Gasteiger partial charge in [0, 0.05) is 18.8 Å². The standard InChI is InChI=1S/C19H28N4O5/c1-13(2)17(20)18(25)21-11-16(24)22-15-5-3-14(4-6-15)12-28-19(26)23-7-9-27-10-8-23/h3-6,13,17H,7-12,20H2,1-2H3,(H,21,25)(H,22,24)/t17-/m0/s1. The van der Waals surface area contributed by atoms with Crippen LogP contribution in [0.3, 0.4) is 0 Å². The van der Waals surface area contributed by atoms with Crippen molar-refractivity contribution in [1.82, 2.24) is 10.2 Å². The van der Waals surface area contributed by atoms with E-state index in [1.54, 1.807) is 29.2 Å². The van der Waals surface area contributed by atoms with Crippen molar-refractivity contribution in [3.63, 3.8) is 0 Å². The molecule has 0 spiro atoms. The van der Waals surface area contributed by atoms with Gasteiger partial charge in [0.2, 0.25) is 11.8 Å². The maximum absolute atomic E-state index is 11.9. The maximum atomic E-state index is 11.9. The maximum Gasteiger partial charge on any atom is 0.410 e. The lowest BCUT2D eigenvalue weighted by molar-refractivity contribution is -0.125. The molecular formula is C19H28N4O5. The second kappa shape index (κ2) is 10.6. The summed E-state index contributed by atoms with van der Waals surface area (Å²) in [4.78, 5) is 37.2. The quantitative estimate of drug-likeness (QED) is 0.627. The van der Waals surface area contributed by atoms with Crippen LogP contribution in [-0.2, 0) is 25.7 Å². The van der Waals surface area contributed by atoms with Crippen LogP contribution in [0.5, 0.6) is 0 Å². The summed E-state index contributed by atoms with van der Waals surface area (Å²) in [6.07, 6.45) is -0.365. The van der Waals surface area contributed by atoms with Crippen molar-refractivity contribution in [2.24, 2.45) is 11.7 Å². The van der Waals surface area contributed by atoms with Crippen molar-refractivity contribution in [2.45, 2.75) is 26.5 Å². The van der Waals surface area contributed by atoms with Crippen molar-refractivity contribution in [2.75, 3.05) is 38.2 Å². The first-order chi connectivity index (χ1) is 13.4. The number of ether oxygens (including phenoxy) is 2. The van der Waals surface area contributed by atoms with Crippen LogP contribution in [0, 0.1) is 5.92 Å². The molecule has 9 nitrogen and oxygen atoms in total. The molecule has 1 aromatic carbocycles. The summed E-state index contributed by atoms with van der Waals surface area (Å²) in [7, 11) is 0. The predicted octanol–water partition coefficient (Wildman–Crippen LogP) is 0.693. The van der Waals surface area contributed by atoms with Gasteiger partial charge in [-0.2, -0.15) is 0 Å². The van der Waals surface area contributed by atoms with Crippen molar-refractivity contribution < 1.29 is 23.9 Å². The van der Waals surface area contributed by atoms with Gasteiger partial charge in [0.1, 0.15) is 6.61 Å². The molecule has 0 radical (unpaired) electrons. The zero-order valence-electron chi connectivity index (χ0n) is 16.3. The summed E-state index contributed by atoms with van der Waals surface area (Å²) in [5.41, 5.74) is 7.10. The predicted molar refractivity (Wildman–Crippen MR) is 103 cm³/mol. The number of amides is 3. The number of hydrogen-bond donors (Lipinski definition) is 3. The molecule has 1 aromatic rings. The zero-order valence-corrected chi connectivity index (χ0v) is 16.3. The summed E-state index contributed by atoms with van der Waals surface area (Å²) >= 11 is 0. The second-order valence-corrected chi connectivity index (χ2v) is 6.89. The van der Waals surface area contributed by atoms with Gasteiger partial charge in [-0.15, -0.1) is 0 Å². The first-order valence-corrected chi connectivity index (χ1v) is 9.28. The Morgan fingerprint density at radius 1 is 1.18 bits per heavy atom. The topological polar surface area (TPSA) is 123 Å². The van der Waals surface area contributed by atoms with Gasteiger partial charge < -0.3 is 30.7 Å². The minimum Gasteiger partial charge on any atom is -0.445 e. The van der Waals surface area contributed by atoms with Crippen molar-refractivity contribution in [1.29, 1.82) is 0 Å². The number of nitrogens with one attached hydrogen (secondary N) is 2. The van der Waals surface area contributed by atoms with E-state index in [9.17, 15) is 14.4 Å². The molecule has 1 aliphatic rings. The van der Waals surface area contributed by atoms with Crippen LogP contribution in [0.4, 0.5) is 10.5 Å². The molecule has 0 bridgehead atoms. The average molecular weight is 392 g/mol. The van der Waals surface area contributed by atoms with Crippen molar-refractivity contribution in [3.05, 3.63) is 29.8 Å². The van der Waals surface area contributed by atoms with Crippen LogP contribution in [0.2, 0.25) is 0 Å². The highest BCUT2D eigenvalue weighted by atomic mass is 16.6. The monoisotopic (exact) mass is 392 g/mol. The van der Waals surface area contributed by atoms with Crippen LogP contribution < -0.4 is 16.4 Å². The minimum absolute atomic E-state index is 0.00653.